The van der Waals surface area contributed by atoms with Crippen molar-refractivity contribution in [1.82, 2.24) is 10.6 Å². The van der Waals surface area contributed by atoms with Crippen LogP contribution in [0.3, 0.4) is 0 Å². The van der Waals surface area contributed by atoms with Gasteiger partial charge in [-0.05, 0) is 7.05 Å². The van der Waals surface area contributed by atoms with Gasteiger partial charge in [0, 0.05) is 20.3 Å². The van der Waals surface area contributed by atoms with Crippen LogP contribution >= 0.6 is 0 Å². The Morgan fingerprint density at radius 2 is 1.92 bits per heavy atom. The Bertz CT molecular complexity index is 515. The highest BCUT2D eigenvalue weighted by Crippen LogP contribution is 2.30. The minimum absolute atomic E-state index is 0.410. The Labute approximate surface area is 143 Å². The highest BCUT2D eigenvalue weighted by Gasteiger charge is 2.54. The lowest BCUT2D eigenvalue weighted by atomic mass is 9.87. The maximum Gasteiger partial charge on any atom is 0.351 e. The fourth-order valence-corrected chi connectivity index (χ4v) is 2.62. The summed E-state index contributed by atoms with van der Waals surface area (Å²) in [5.41, 5.74) is -2.03. The average Bonchev–Trinajstić information content (AvgIpc) is 2.52. The topological polar surface area (TPSA) is 175 Å². The van der Waals surface area contributed by atoms with Crippen molar-refractivity contribution in [2.45, 2.75) is 56.5 Å². The summed E-state index contributed by atoms with van der Waals surface area (Å²) in [6.45, 7) is 1.71. The molecule has 11 nitrogen and oxygen atoms in total. The molecule has 1 aliphatic rings. The molecule has 1 fully saturated rings. The molecule has 1 saturated heterocycles. The third-order valence-electron chi connectivity index (χ3n) is 3.91. The molecule has 11 heteroatoms. The Morgan fingerprint density at radius 1 is 1.32 bits per heavy atom. The summed E-state index contributed by atoms with van der Waals surface area (Å²) < 4.78 is 10.0. The molecule has 0 aromatic rings. The summed E-state index contributed by atoms with van der Waals surface area (Å²) in [5, 5.41) is 44.7. The van der Waals surface area contributed by atoms with E-state index in [0.717, 1.165) is 6.92 Å². The number of carbonyl (C=O) groups excluding carboxylic acids is 2. The first-order valence-corrected chi connectivity index (χ1v) is 7.59. The van der Waals surface area contributed by atoms with Crippen molar-refractivity contribution in [3.05, 3.63) is 0 Å². The van der Waals surface area contributed by atoms with Crippen LogP contribution in [0.5, 0.6) is 0 Å². The zero-order valence-corrected chi connectivity index (χ0v) is 14.1. The fourth-order valence-electron chi connectivity index (χ4n) is 2.62. The van der Waals surface area contributed by atoms with Gasteiger partial charge < -0.3 is 35.2 Å². The first-order valence-electron chi connectivity index (χ1n) is 7.59. The molecule has 144 valence electrons. The van der Waals surface area contributed by atoms with Crippen molar-refractivity contribution in [1.29, 1.82) is 0 Å². The molecule has 0 spiro atoms. The molecular weight excluding hydrogens is 340 g/mol. The normalized spacial score (nSPS) is 31.7. The molecule has 0 radical (unpaired) electrons. The van der Waals surface area contributed by atoms with Gasteiger partial charge in [0.05, 0.1) is 12.1 Å². The van der Waals surface area contributed by atoms with E-state index in [-0.39, 0.29) is 0 Å². The smallest absolute Gasteiger partial charge is 0.351 e. The summed E-state index contributed by atoms with van der Waals surface area (Å²) in [6, 6.07) is -1.18. The second-order valence-electron chi connectivity index (χ2n) is 5.82. The highest BCUT2D eigenvalue weighted by atomic mass is 16.6. The van der Waals surface area contributed by atoms with Crippen LogP contribution in [0.15, 0.2) is 0 Å². The van der Waals surface area contributed by atoms with Gasteiger partial charge in [0.25, 0.3) is 0 Å². The quantitative estimate of drug-likeness (QED) is 0.254. The van der Waals surface area contributed by atoms with Crippen LogP contribution < -0.4 is 10.6 Å². The van der Waals surface area contributed by atoms with Gasteiger partial charge >= 0.3 is 11.9 Å². The van der Waals surface area contributed by atoms with Crippen LogP contribution in [-0.2, 0) is 23.9 Å². The van der Waals surface area contributed by atoms with Gasteiger partial charge in [0.15, 0.2) is 0 Å². The van der Waals surface area contributed by atoms with E-state index in [1.807, 2.05) is 0 Å². The Morgan fingerprint density at radius 3 is 2.36 bits per heavy atom. The van der Waals surface area contributed by atoms with Gasteiger partial charge in [-0.25, -0.2) is 4.79 Å². The van der Waals surface area contributed by atoms with Crippen LogP contribution in [0, 0.1) is 0 Å². The van der Waals surface area contributed by atoms with E-state index >= 15 is 0 Å². The molecule has 0 aliphatic carbocycles. The molecule has 0 unspecified atom stereocenters. The summed E-state index contributed by atoms with van der Waals surface area (Å²) in [5.74, 6) is -2.68. The third kappa shape index (κ3) is 5.09. The molecule has 6 N–H and O–H groups in total. The SMILES string of the molecule is CN[C@]1(C(=O)O)C[C@H](O)[C@@H](NC(C)=O)[C@H]([C@H](O)[C@H](O)COC(C)=O)O1. The molecule has 0 saturated carbocycles. The summed E-state index contributed by atoms with van der Waals surface area (Å²) in [4.78, 5) is 33.7. The Hall–Kier alpha value is -1.79. The van der Waals surface area contributed by atoms with Crippen LogP contribution in [0.1, 0.15) is 20.3 Å². The molecule has 1 aliphatic heterocycles. The molecule has 25 heavy (non-hydrogen) atoms. The van der Waals surface area contributed by atoms with E-state index in [4.69, 9.17) is 4.74 Å². The molecule has 0 bridgehead atoms. The number of likely N-dealkylation sites (N-methyl/N-ethyl adjacent to an activating group) is 1. The number of amides is 1. The Kier molecular flexibility index (Phi) is 7.26. The standard InChI is InChI=1S/C14H24N2O9/c1-6(17)16-10-8(19)4-14(15-3,13(22)23)25-12(10)11(21)9(20)5-24-7(2)18/h8-12,15,19-21H,4-5H2,1-3H3,(H,16,17)(H,22,23)/t8-,9+,10+,11+,12+,14+/m0/s1. The number of ether oxygens (including phenoxy) is 2. The molecule has 1 rings (SSSR count). The molecule has 1 heterocycles. The van der Waals surface area contributed by atoms with Crippen molar-refractivity contribution < 1.29 is 44.3 Å². The van der Waals surface area contributed by atoms with Gasteiger partial charge in [0.2, 0.25) is 11.6 Å². The minimum atomic E-state index is -2.03. The number of hydrogen-bond donors (Lipinski definition) is 6. The number of nitrogens with one attached hydrogen (secondary N) is 2. The zero-order chi connectivity index (χ0) is 19.4. The summed E-state index contributed by atoms with van der Waals surface area (Å²) >= 11 is 0. The maximum atomic E-state index is 11.5. The highest BCUT2D eigenvalue weighted by molar-refractivity contribution is 5.77. The number of hydrogen-bond acceptors (Lipinski definition) is 9. The van der Waals surface area contributed by atoms with Gasteiger partial charge in [-0.2, -0.15) is 0 Å². The molecule has 0 aromatic heterocycles. The minimum Gasteiger partial charge on any atom is -0.478 e. The second-order valence-corrected chi connectivity index (χ2v) is 5.82. The van der Waals surface area contributed by atoms with Gasteiger partial charge in [-0.1, -0.05) is 0 Å². The first-order chi connectivity index (χ1) is 11.5. The fraction of sp³-hybridized carbons (Fsp3) is 0.786. The van der Waals surface area contributed by atoms with Crippen LogP contribution in [0.2, 0.25) is 0 Å². The monoisotopic (exact) mass is 364 g/mol. The van der Waals surface area contributed by atoms with E-state index in [9.17, 15) is 34.8 Å². The molecule has 0 aromatic carbocycles. The molecule has 1 amide bonds. The molecule has 6 atom stereocenters. The zero-order valence-electron chi connectivity index (χ0n) is 14.1. The lowest BCUT2D eigenvalue weighted by molar-refractivity contribution is -0.236. The third-order valence-corrected chi connectivity index (χ3v) is 3.91. The van der Waals surface area contributed by atoms with Crippen molar-refractivity contribution in [3.63, 3.8) is 0 Å². The number of esters is 1. The number of carbonyl (C=O) groups is 3. The van der Waals surface area contributed by atoms with Crippen LogP contribution in [0.25, 0.3) is 0 Å². The van der Waals surface area contributed by atoms with E-state index in [0.29, 0.717) is 0 Å². The largest absolute Gasteiger partial charge is 0.478 e. The molecular formula is C14H24N2O9. The van der Waals surface area contributed by atoms with E-state index in [2.05, 4.69) is 15.4 Å². The lowest BCUT2D eigenvalue weighted by Crippen LogP contribution is -2.70. The van der Waals surface area contributed by atoms with Crippen molar-refractivity contribution in [2.75, 3.05) is 13.7 Å². The van der Waals surface area contributed by atoms with Crippen molar-refractivity contribution >= 4 is 17.8 Å². The summed E-state index contributed by atoms with van der Waals surface area (Å²) in [7, 11) is 1.29. The van der Waals surface area contributed by atoms with Crippen LogP contribution in [-0.4, -0.2) is 88.1 Å². The van der Waals surface area contributed by atoms with E-state index in [1.54, 1.807) is 0 Å². The van der Waals surface area contributed by atoms with Gasteiger partial charge in [-0.15, -0.1) is 0 Å². The van der Waals surface area contributed by atoms with Crippen molar-refractivity contribution in [3.8, 4) is 0 Å². The Balaban J connectivity index is 3.09. The van der Waals surface area contributed by atoms with Crippen molar-refractivity contribution in [2.24, 2.45) is 0 Å². The number of aliphatic hydroxyl groups excluding tert-OH is 3. The number of aliphatic hydroxyl groups is 3. The van der Waals surface area contributed by atoms with E-state index in [1.165, 1.54) is 14.0 Å². The maximum absolute atomic E-state index is 11.5. The first kappa shape index (κ1) is 21.3. The number of carboxylic acids is 1. The second kappa shape index (κ2) is 8.54. The summed E-state index contributed by atoms with van der Waals surface area (Å²) in [6.07, 6.45) is -6.66. The lowest BCUT2D eigenvalue weighted by Gasteiger charge is -2.46. The number of carboxylic acid groups (broad SMARTS) is 1. The van der Waals surface area contributed by atoms with Gasteiger partial charge in [-0.3, -0.25) is 14.9 Å². The van der Waals surface area contributed by atoms with Gasteiger partial charge in [0.1, 0.15) is 24.9 Å². The number of rotatable bonds is 7. The van der Waals surface area contributed by atoms with E-state index < -0.39 is 67.1 Å². The van der Waals surface area contributed by atoms with Crippen LogP contribution in [0.4, 0.5) is 0 Å². The predicted octanol–water partition coefficient (Wildman–Crippen LogP) is -3.07. The number of aliphatic carboxylic acids is 1. The average molecular weight is 364 g/mol. The predicted molar refractivity (Wildman–Crippen MR) is 81.2 cm³/mol.